The summed E-state index contributed by atoms with van der Waals surface area (Å²) in [7, 11) is 0. The molecule has 3 nitrogen and oxygen atoms in total. The number of allylic oxidation sites excluding steroid dienone is 1. The van der Waals surface area contributed by atoms with Crippen LogP contribution in [0.15, 0.2) is 41.7 Å². The van der Waals surface area contributed by atoms with Gasteiger partial charge in [-0.2, -0.15) is 0 Å². The lowest BCUT2D eigenvalue weighted by atomic mass is 10.0. The molecule has 0 unspecified atom stereocenters. The smallest absolute Gasteiger partial charge is 0.335 e. The monoisotopic (exact) mass is 192 g/mol. The average molecular weight is 192 g/mol. The highest BCUT2D eigenvalue weighted by atomic mass is 16.4. The zero-order valence-electron chi connectivity index (χ0n) is 7.90. The van der Waals surface area contributed by atoms with Gasteiger partial charge in [0.15, 0.2) is 0 Å². The van der Waals surface area contributed by atoms with Gasteiger partial charge in [0.1, 0.15) is 0 Å². The van der Waals surface area contributed by atoms with E-state index in [1.807, 2.05) is 30.3 Å². The fourth-order valence-corrected chi connectivity index (χ4v) is 1.16. The third-order valence-corrected chi connectivity index (χ3v) is 1.92. The first-order valence-electron chi connectivity index (χ1n) is 4.27. The molecular weight excluding hydrogens is 180 g/mol. The summed E-state index contributed by atoms with van der Waals surface area (Å²) in [5.74, 6) is -1.21. The maximum atomic E-state index is 10.7. The van der Waals surface area contributed by atoms with Gasteiger partial charge >= 0.3 is 5.97 Å². The van der Waals surface area contributed by atoms with Crippen molar-refractivity contribution in [1.82, 2.24) is 0 Å². The highest BCUT2D eigenvalue weighted by molar-refractivity contribution is 5.87. The lowest BCUT2D eigenvalue weighted by molar-refractivity contribution is -0.132. The molecule has 0 heterocycles. The van der Waals surface area contributed by atoms with Gasteiger partial charge in [0.2, 0.25) is 0 Å². The molecular formula is C11H12O3. The zero-order chi connectivity index (χ0) is 10.6. The van der Waals surface area contributed by atoms with E-state index in [0.29, 0.717) is 0 Å². The molecule has 0 amide bonds. The Morgan fingerprint density at radius 3 is 2.21 bits per heavy atom. The van der Waals surface area contributed by atoms with E-state index < -0.39 is 5.97 Å². The average Bonchev–Trinajstić information content (AvgIpc) is 2.15. The maximum Gasteiger partial charge on any atom is 0.335 e. The molecule has 0 spiro atoms. The molecule has 0 aromatic heterocycles. The fourth-order valence-electron chi connectivity index (χ4n) is 1.16. The van der Waals surface area contributed by atoms with E-state index in [1.54, 1.807) is 0 Å². The van der Waals surface area contributed by atoms with Gasteiger partial charge in [-0.05, 0) is 12.5 Å². The van der Waals surface area contributed by atoms with Crippen LogP contribution >= 0.6 is 0 Å². The number of aliphatic hydroxyl groups is 1. The van der Waals surface area contributed by atoms with Crippen molar-refractivity contribution in [1.29, 1.82) is 0 Å². The number of aliphatic carboxylic acids is 1. The second kappa shape index (κ2) is 4.46. The number of carboxylic acids is 1. The first-order chi connectivity index (χ1) is 6.61. The summed E-state index contributed by atoms with van der Waals surface area (Å²) in [6, 6.07) is 9.18. The minimum Gasteiger partial charge on any atom is -0.512 e. The van der Waals surface area contributed by atoms with E-state index >= 15 is 0 Å². The maximum absolute atomic E-state index is 10.7. The molecule has 0 radical (unpaired) electrons. The molecule has 1 aromatic carbocycles. The third-order valence-electron chi connectivity index (χ3n) is 1.92. The molecule has 1 aromatic rings. The van der Waals surface area contributed by atoms with E-state index in [9.17, 15) is 4.79 Å². The molecule has 0 bridgehead atoms. The Labute approximate surface area is 82.3 Å². The van der Waals surface area contributed by atoms with Crippen molar-refractivity contribution in [2.45, 2.75) is 13.3 Å². The molecule has 0 atom stereocenters. The molecule has 0 aliphatic carbocycles. The Balaban J connectivity index is 2.87. The number of carbonyl (C=O) groups is 1. The number of carboxylic acid groups (broad SMARTS) is 1. The number of hydrogen-bond acceptors (Lipinski definition) is 2. The van der Waals surface area contributed by atoms with Crippen molar-refractivity contribution in [3.8, 4) is 0 Å². The second-order valence-electron chi connectivity index (χ2n) is 3.03. The summed E-state index contributed by atoms with van der Waals surface area (Å²) >= 11 is 0. The van der Waals surface area contributed by atoms with Crippen molar-refractivity contribution in [3.63, 3.8) is 0 Å². The number of hydrogen-bond donors (Lipinski definition) is 2. The summed E-state index contributed by atoms with van der Waals surface area (Å²) in [6.07, 6.45) is 0.249. The number of benzene rings is 1. The van der Waals surface area contributed by atoms with Crippen LogP contribution in [-0.4, -0.2) is 16.2 Å². The minimum absolute atomic E-state index is 0.0381. The van der Waals surface area contributed by atoms with E-state index in [0.717, 1.165) is 5.56 Å². The lowest BCUT2D eigenvalue weighted by Gasteiger charge is -2.03. The van der Waals surface area contributed by atoms with E-state index in [-0.39, 0.29) is 17.8 Å². The molecule has 0 fully saturated rings. The van der Waals surface area contributed by atoms with Crippen molar-refractivity contribution in [2.75, 3.05) is 0 Å². The molecule has 1 rings (SSSR count). The summed E-state index contributed by atoms with van der Waals surface area (Å²) in [4.78, 5) is 10.7. The van der Waals surface area contributed by atoms with Gasteiger partial charge < -0.3 is 10.2 Å². The standard InChI is InChI=1S/C11H12O3/c1-8(12)10(11(13)14)7-9-5-3-2-4-6-9/h2-6,12H,7H2,1H3,(H,13,14)/b10-8-. The lowest BCUT2D eigenvalue weighted by Crippen LogP contribution is -2.06. The highest BCUT2D eigenvalue weighted by Crippen LogP contribution is 2.10. The predicted octanol–water partition coefficient (Wildman–Crippen LogP) is 2.15. The molecule has 0 aliphatic heterocycles. The number of rotatable bonds is 3. The Bertz CT molecular complexity index is 348. The van der Waals surface area contributed by atoms with Gasteiger partial charge in [0, 0.05) is 6.42 Å². The molecule has 14 heavy (non-hydrogen) atoms. The predicted molar refractivity (Wildman–Crippen MR) is 53.1 cm³/mol. The zero-order valence-corrected chi connectivity index (χ0v) is 7.90. The second-order valence-corrected chi connectivity index (χ2v) is 3.03. The summed E-state index contributed by atoms with van der Waals surface area (Å²) in [5, 5.41) is 17.9. The number of aliphatic hydroxyl groups excluding tert-OH is 1. The van der Waals surface area contributed by atoms with Gasteiger partial charge in [-0.3, -0.25) is 0 Å². The van der Waals surface area contributed by atoms with E-state index in [1.165, 1.54) is 6.92 Å². The van der Waals surface area contributed by atoms with E-state index in [2.05, 4.69) is 0 Å². The Hall–Kier alpha value is -1.77. The topological polar surface area (TPSA) is 57.5 Å². The van der Waals surface area contributed by atoms with Crippen LogP contribution in [0.25, 0.3) is 0 Å². The van der Waals surface area contributed by atoms with Crippen molar-refractivity contribution >= 4 is 5.97 Å². The van der Waals surface area contributed by atoms with Crippen LogP contribution in [0.3, 0.4) is 0 Å². The van der Waals surface area contributed by atoms with Crippen LogP contribution in [0.2, 0.25) is 0 Å². The molecule has 74 valence electrons. The third kappa shape index (κ3) is 2.62. The molecule has 0 saturated heterocycles. The molecule has 0 saturated carbocycles. The largest absolute Gasteiger partial charge is 0.512 e. The molecule has 0 aliphatic rings. The Morgan fingerprint density at radius 2 is 1.79 bits per heavy atom. The summed E-state index contributed by atoms with van der Waals surface area (Å²) in [5.41, 5.74) is 0.912. The van der Waals surface area contributed by atoms with Crippen LogP contribution in [0.1, 0.15) is 12.5 Å². The molecule has 2 N–H and O–H groups in total. The molecule has 3 heteroatoms. The van der Waals surface area contributed by atoms with Crippen LogP contribution in [0, 0.1) is 0 Å². The SMILES string of the molecule is C/C(O)=C(\Cc1ccccc1)C(=O)O. The fraction of sp³-hybridized carbons (Fsp3) is 0.182. The van der Waals surface area contributed by atoms with Crippen molar-refractivity contribution in [3.05, 3.63) is 47.2 Å². The Kier molecular flexibility index (Phi) is 3.29. The van der Waals surface area contributed by atoms with Crippen molar-refractivity contribution < 1.29 is 15.0 Å². The summed E-state index contributed by atoms with van der Waals surface area (Å²) < 4.78 is 0. The van der Waals surface area contributed by atoms with Gasteiger partial charge in [-0.1, -0.05) is 30.3 Å². The van der Waals surface area contributed by atoms with Crippen molar-refractivity contribution in [2.24, 2.45) is 0 Å². The van der Waals surface area contributed by atoms with Gasteiger partial charge in [-0.15, -0.1) is 0 Å². The normalized spacial score (nSPS) is 12.1. The first kappa shape index (κ1) is 10.3. The summed E-state index contributed by atoms with van der Waals surface area (Å²) in [6.45, 7) is 1.38. The van der Waals surface area contributed by atoms with E-state index in [4.69, 9.17) is 10.2 Å². The van der Waals surface area contributed by atoms with Gasteiger partial charge in [0.25, 0.3) is 0 Å². The Morgan fingerprint density at radius 1 is 1.21 bits per heavy atom. The minimum atomic E-state index is -1.08. The van der Waals surface area contributed by atoms with Gasteiger partial charge in [-0.25, -0.2) is 4.79 Å². The van der Waals surface area contributed by atoms with Crippen LogP contribution in [-0.2, 0) is 11.2 Å². The van der Waals surface area contributed by atoms with Crippen LogP contribution in [0.5, 0.6) is 0 Å². The van der Waals surface area contributed by atoms with Crippen LogP contribution in [0.4, 0.5) is 0 Å². The van der Waals surface area contributed by atoms with Crippen LogP contribution < -0.4 is 0 Å². The highest BCUT2D eigenvalue weighted by Gasteiger charge is 2.11. The quantitative estimate of drug-likeness (QED) is 0.569. The first-order valence-corrected chi connectivity index (χ1v) is 4.27. The van der Waals surface area contributed by atoms with Gasteiger partial charge in [0.05, 0.1) is 11.3 Å².